The number of nitrogens with zero attached hydrogens (tertiary/aromatic N) is 1. The first kappa shape index (κ1) is 34.1. The molecule has 5 nitrogen and oxygen atoms in total. The zero-order valence-electron chi connectivity index (χ0n) is 23.0. The van der Waals surface area contributed by atoms with Gasteiger partial charge in [-0.1, -0.05) is 63.4 Å². The maximum Gasteiger partial charge on any atom is 0.501 e. The predicted molar refractivity (Wildman–Crippen MR) is 142 cm³/mol. The van der Waals surface area contributed by atoms with Gasteiger partial charge in [0.15, 0.2) is 0 Å². The number of rotatable bonds is 10. The van der Waals surface area contributed by atoms with Crippen LogP contribution in [0.25, 0.3) is 11.1 Å². The Balaban J connectivity index is 0.000000366. The minimum atomic E-state index is -6.37. The van der Waals surface area contributed by atoms with E-state index in [1.807, 2.05) is 0 Å². The van der Waals surface area contributed by atoms with E-state index >= 15 is 0 Å². The fourth-order valence-corrected chi connectivity index (χ4v) is 7.36. The standard InChI is InChI=1S/C15H8F6O4S2.C12H28N/c16-14(17,18)26(22,23)12-6-5-10-9-4-2-1-3-8(9)7-11(10)13(12)27(24,25)15(19,20)21;1-5-7-8-9-10-12-13(3,4)11-6-2/h1-6H,7H2;5-12H2,1-4H3/q;+1. The van der Waals surface area contributed by atoms with Crippen LogP contribution in [-0.2, 0) is 26.1 Å². The first-order chi connectivity index (χ1) is 18.3. The van der Waals surface area contributed by atoms with Gasteiger partial charge in [0, 0.05) is 6.42 Å². The fraction of sp³-hybridized carbons (Fsp3) is 0.556. The van der Waals surface area contributed by atoms with Gasteiger partial charge in [-0.15, -0.1) is 0 Å². The van der Waals surface area contributed by atoms with E-state index in [2.05, 4.69) is 27.9 Å². The van der Waals surface area contributed by atoms with Gasteiger partial charge in [-0.25, -0.2) is 16.8 Å². The van der Waals surface area contributed by atoms with Gasteiger partial charge in [0.25, 0.3) is 19.7 Å². The normalized spacial score (nSPS) is 13.8. The van der Waals surface area contributed by atoms with Crippen molar-refractivity contribution in [3.63, 3.8) is 0 Å². The SMILES string of the molecule is CCCCCCC[N+](C)(C)CCC.O=S(=O)(c1ccc2c(c1S(=O)(=O)C(F)(F)F)Cc1ccccc1-2)C(F)(F)F. The smallest absolute Gasteiger partial charge is 0.328 e. The molecule has 13 heteroatoms. The summed E-state index contributed by atoms with van der Waals surface area (Å²) in [6, 6.07) is 7.06. The molecule has 0 atom stereocenters. The summed E-state index contributed by atoms with van der Waals surface area (Å²) in [6.07, 6.45) is 7.91. The summed E-state index contributed by atoms with van der Waals surface area (Å²) in [5, 5.41) is 0. The van der Waals surface area contributed by atoms with Crippen molar-refractivity contribution in [2.45, 2.75) is 79.6 Å². The summed E-state index contributed by atoms with van der Waals surface area (Å²) in [7, 11) is -8.01. The van der Waals surface area contributed by atoms with Gasteiger partial charge in [0.2, 0.25) is 0 Å². The molecule has 0 saturated carbocycles. The molecule has 0 fully saturated rings. The zero-order valence-corrected chi connectivity index (χ0v) is 24.6. The van der Waals surface area contributed by atoms with Gasteiger partial charge < -0.3 is 4.48 Å². The molecular weight excluding hydrogens is 580 g/mol. The van der Waals surface area contributed by atoms with Gasteiger partial charge in [-0.05, 0) is 47.6 Å². The molecule has 0 bridgehead atoms. The molecule has 1 aliphatic rings. The van der Waals surface area contributed by atoms with E-state index in [1.54, 1.807) is 0 Å². The van der Waals surface area contributed by atoms with Crippen molar-refractivity contribution in [2.24, 2.45) is 0 Å². The van der Waals surface area contributed by atoms with E-state index < -0.39 is 52.5 Å². The highest BCUT2D eigenvalue weighted by Gasteiger charge is 2.55. The van der Waals surface area contributed by atoms with Crippen molar-refractivity contribution < 1.29 is 47.7 Å². The van der Waals surface area contributed by atoms with Crippen LogP contribution in [0.3, 0.4) is 0 Å². The fourth-order valence-electron chi connectivity index (χ4n) is 4.77. The summed E-state index contributed by atoms with van der Waals surface area (Å²) in [5.74, 6) is 0. The molecule has 0 spiro atoms. The summed E-state index contributed by atoms with van der Waals surface area (Å²) in [5.41, 5.74) is -11.9. The Morgan fingerprint density at radius 1 is 0.700 bits per heavy atom. The van der Waals surface area contributed by atoms with Crippen molar-refractivity contribution in [1.29, 1.82) is 0 Å². The molecule has 0 aliphatic heterocycles. The second kappa shape index (κ2) is 12.8. The Bertz CT molecular complexity index is 1380. The number of alkyl halides is 6. The summed E-state index contributed by atoms with van der Waals surface area (Å²) >= 11 is 0. The largest absolute Gasteiger partial charge is 0.501 e. The summed E-state index contributed by atoms with van der Waals surface area (Å²) < 4.78 is 127. The predicted octanol–water partition coefficient (Wildman–Crippen LogP) is 7.29. The molecule has 1 aliphatic carbocycles. The van der Waals surface area contributed by atoms with Crippen LogP contribution in [0, 0.1) is 0 Å². The van der Waals surface area contributed by atoms with Crippen molar-refractivity contribution in [1.82, 2.24) is 0 Å². The number of fused-ring (bicyclic) bond motifs is 3. The van der Waals surface area contributed by atoms with Gasteiger partial charge in [0.05, 0.1) is 37.0 Å². The Labute approximate surface area is 232 Å². The maximum atomic E-state index is 13.1. The van der Waals surface area contributed by atoms with E-state index in [0.717, 1.165) is 6.07 Å². The van der Waals surface area contributed by atoms with Crippen molar-refractivity contribution in [3.8, 4) is 11.1 Å². The molecule has 0 radical (unpaired) electrons. The average Bonchev–Trinajstić information content (AvgIpc) is 3.20. The number of hydrogen-bond donors (Lipinski definition) is 0. The lowest BCUT2D eigenvalue weighted by Crippen LogP contribution is -2.40. The Kier molecular flexibility index (Phi) is 10.9. The Hall–Kier alpha value is -2.12. The average molecular weight is 617 g/mol. The molecule has 3 rings (SSSR count). The quantitative estimate of drug-likeness (QED) is 0.136. The number of unbranched alkanes of at least 4 members (excludes halogenated alkanes) is 4. The molecule has 0 amide bonds. The first-order valence-corrected chi connectivity index (χ1v) is 16.0. The lowest BCUT2D eigenvalue weighted by atomic mass is 10.1. The summed E-state index contributed by atoms with van der Waals surface area (Å²) in [6.45, 7) is 7.24. The third-order valence-electron chi connectivity index (χ3n) is 6.76. The second-order valence-electron chi connectivity index (χ2n) is 10.4. The zero-order chi connectivity index (χ0) is 30.6. The van der Waals surface area contributed by atoms with Crippen LogP contribution in [-0.4, -0.2) is 59.5 Å². The van der Waals surface area contributed by atoms with Crippen LogP contribution >= 0.6 is 0 Å². The molecule has 0 unspecified atom stereocenters. The highest BCUT2D eigenvalue weighted by Crippen LogP contribution is 2.47. The number of halogens is 6. The van der Waals surface area contributed by atoms with E-state index in [1.165, 1.54) is 80.4 Å². The topological polar surface area (TPSA) is 68.3 Å². The van der Waals surface area contributed by atoms with Crippen LogP contribution in [0.5, 0.6) is 0 Å². The molecule has 40 heavy (non-hydrogen) atoms. The van der Waals surface area contributed by atoms with Crippen LogP contribution in [0.2, 0.25) is 0 Å². The van der Waals surface area contributed by atoms with Crippen LogP contribution in [0.4, 0.5) is 26.3 Å². The molecule has 0 saturated heterocycles. The molecule has 0 heterocycles. The molecule has 2 aromatic carbocycles. The minimum Gasteiger partial charge on any atom is -0.328 e. The van der Waals surface area contributed by atoms with E-state index in [4.69, 9.17) is 0 Å². The third-order valence-corrected chi connectivity index (χ3v) is 10.0. The first-order valence-electron chi connectivity index (χ1n) is 13.0. The van der Waals surface area contributed by atoms with E-state index in [-0.39, 0.29) is 11.6 Å². The minimum absolute atomic E-state index is 0.0606. The molecule has 0 N–H and O–H groups in total. The van der Waals surface area contributed by atoms with E-state index in [9.17, 15) is 43.2 Å². The Morgan fingerprint density at radius 2 is 1.27 bits per heavy atom. The highest BCUT2D eigenvalue weighted by atomic mass is 32.2. The van der Waals surface area contributed by atoms with Gasteiger partial charge >= 0.3 is 11.0 Å². The molecular formula is C27H36F6NO4S2+. The van der Waals surface area contributed by atoms with Crippen LogP contribution in [0.15, 0.2) is 46.2 Å². The van der Waals surface area contributed by atoms with Crippen LogP contribution in [0.1, 0.15) is 63.5 Å². The number of hydrogen-bond acceptors (Lipinski definition) is 4. The molecule has 0 aromatic heterocycles. The van der Waals surface area contributed by atoms with Crippen molar-refractivity contribution in [2.75, 3.05) is 27.2 Å². The Morgan fingerprint density at radius 3 is 1.82 bits per heavy atom. The second-order valence-corrected chi connectivity index (χ2v) is 14.2. The molecule has 226 valence electrons. The van der Waals surface area contributed by atoms with Crippen molar-refractivity contribution in [3.05, 3.63) is 47.5 Å². The lowest BCUT2D eigenvalue weighted by Gasteiger charge is -2.29. The van der Waals surface area contributed by atoms with Crippen LogP contribution < -0.4 is 0 Å². The number of benzene rings is 2. The summed E-state index contributed by atoms with van der Waals surface area (Å²) in [4.78, 5) is -3.81. The lowest BCUT2D eigenvalue weighted by molar-refractivity contribution is -0.890. The maximum absolute atomic E-state index is 13.1. The molecule has 2 aromatic rings. The van der Waals surface area contributed by atoms with E-state index in [0.29, 0.717) is 11.1 Å². The monoisotopic (exact) mass is 616 g/mol. The van der Waals surface area contributed by atoms with Crippen molar-refractivity contribution >= 4 is 19.7 Å². The number of sulfone groups is 2. The number of quaternary nitrogens is 1. The highest BCUT2D eigenvalue weighted by molar-refractivity contribution is 7.95. The third kappa shape index (κ3) is 7.58. The van der Waals surface area contributed by atoms with Gasteiger partial charge in [-0.2, -0.15) is 26.3 Å². The van der Waals surface area contributed by atoms with Gasteiger partial charge in [0.1, 0.15) is 0 Å². The van der Waals surface area contributed by atoms with Gasteiger partial charge in [-0.3, -0.25) is 0 Å².